The molecule has 0 radical (unpaired) electrons. The molecule has 0 heterocycles. The summed E-state index contributed by atoms with van der Waals surface area (Å²) in [5, 5.41) is -0.226. The molecule has 2 aliphatic rings. The summed E-state index contributed by atoms with van der Waals surface area (Å²) in [6.45, 7) is 0. The number of unbranched alkanes of at least 4 members (excludes halogenated alkanes) is 3. The fourth-order valence-corrected chi connectivity index (χ4v) is 8.12. The maximum atomic E-state index is 12.3. The molecular formula is C18H34O4S2. The maximum absolute atomic E-state index is 12.3. The van der Waals surface area contributed by atoms with Gasteiger partial charge in [-0.3, -0.25) is 0 Å². The molecule has 2 fully saturated rings. The molecule has 0 spiro atoms. The van der Waals surface area contributed by atoms with Crippen LogP contribution in [0.5, 0.6) is 0 Å². The first-order chi connectivity index (χ1) is 11.4. The summed E-state index contributed by atoms with van der Waals surface area (Å²) < 4.78 is 49.2. The molecule has 24 heavy (non-hydrogen) atoms. The molecule has 0 aromatic heterocycles. The van der Waals surface area contributed by atoms with Gasteiger partial charge in [-0.2, -0.15) is 0 Å². The number of hydrogen-bond donors (Lipinski definition) is 0. The third kappa shape index (κ3) is 6.32. The normalized spacial score (nSPS) is 21.8. The van der Waals surface area contributed by atoms with Gasteiger partial charge in [0.05, 0.1) is 22.0 Å². The second-order valence-electron chi connectivity index (χ2n) is 7.67. The zero-order valence-corrected chi connectivity index (χ0v) is 16.6. The zero-order valence-electron chi connectivity index (χ0n) is 14.9. The van der Waals surface area contributed by atoms with Gasteiger partial charge in [-0.25, -0.2) is 16.8 Å². The van der Waals surface area contributed by atoms with E-state index in [2.05, 4.69) is 0 Å². The minimum atomic E-state index is -2.93. The van der Waals surface area contributed by atoms with Gasteiger partial charge in [-0.15, -0.1) is 0 Å². The molecule has 0 unspecified atom stereocenters. The lowest BCUT2D eigenvalue weighted by atomic mass is 10.0. The number of sulfone groups is 2. The van der Waals surface area contributed by atoms with Gasteiger partial charge in [0.25, 0.3) is 0 Å². The van der Waals surface area contributed by atoms with E-state index in [1.807, 2.05) is 0 Å². The molecule has 6 heteroatoms. The van der Waals surface area contributed by atoms with E-state index in [4.69, 9.17) is 0 Å². The highest BCUT2D eigenvalue weighted by Crippen LogP contribution is 2.26. The SMILES string of the molecule is O=S(=O)(CCCCCCS(=O)(=O)C1CCCCC1)C1CCCCC1. The van der Waals surface area contributed by atoms with Crippen LogP contribution in [-0.2, 0) is 19.7 Å². The highest BCUT2D eigenvalue weighted by molar-refractivity contribution is 7.92. The van der Waals surface area contributed by atoms with Crippen molar-refractivity contribution in [2.24, 2.45) is 0 Å². The molecule has 0 atom stereocenters. The van der Waals surface area contributed by atoms with Crippen LogP contribution in [0, 0.1) is 0 Å². The Morgan fingerprint density at radius 3 is 1.17 bits per heavy atom. The third-order valence-corrected chi connectivity index (χ3v) is 10.4. The van der Waals surface area contributed by atoms with E-state index in [-0.39, 0.29) is 22.0 Å². The van der Waals surface area contributed by atoms with Crippen molar-refractivity contribution in [1.29, 1.82) is 0 Å². The van der Waals surface area contributed by atoms with Crippen LogP contribution in [0.1, 0.15) is 89.9 Å². The lowest BCUT2D eigenvalue weighted by molar-refractivity contribution is 0.480. The summed E-state index contributed by atoms with van der Waals surface area (Å²) in [6.07, 6.45) is 12.9. The molecular weight excluding hydrogens is 344 g/mol. The van der Waals surface area contributed by atoms with Gasteiger partial charge in [0, 0.05) is 0 Å². The Morgan fingerprint density at radius 2 is 0.833 bits per heavy atom. The number of rotatable bonds is 9. The van der Waals surface area contributed by atoms with Crippen LogP contribution in [0.3, 0.4) is 0 Å². The molecule has 0 saturated heterocycles. The molecule has 0 bridgehead atoms. The minimum absolute atomic E-state index is 0.113. The van der Waals surface area contributed by atoms with Crippen LogP contribution < -0.4 is 0 Å². The average Bonchev–Trinajstić information content (AvgIpc) is 2.59. The molecule has 0 N–H and O–H groups in total. The van der Waals surface area contributed by atoms with Crippen molar-refractivity contribution >= 4 is 19.7 Å². The van der Waals surface area contributed by atoms with Gasteiger partial charge in [-0.05, 0) is 38.5 Å². The van der Waals surface area contributed by atoms with E-state index >= 15 is 0 Å². The van der Waals surface area contributed by atoms with Crippen molar-refractivity contribution in [3.05, 3.63) is 0 Å². The summed E-state index contributed by atoms with van der Waals surface area (Å²) >= 11 is 0. The molecule has 2 aliphatic carbocycles. The quantitative estimate of drug-likeness (QED) is 0.568. The van der Waals surface area contributed by atoms with Gasteiger partial charge >= 0.3 is 0 Å². The average molecular weight is 379 g/mol. The largest absolute Gasteiger partial charge is 0.229 e. The van der Waals surface area contributed by atoms with Crippen molar-refractivity contribution in [3.63, 3.8) is 0 Å². The smallest absolute Gasteiger partial charge is 0.153 e. The highest BCUT2D eigenvalue weighted by atomic mass is 32.2. The van der Waals surface area contributed by atoms with Crippen molar-refractivity contribution in [2.75, 3.05) is 11.5 Å². The predicted octanol–water partition coefficient (Wildman–Crippen LogP) is 4.04. The highest BCUT2D eigenvalue weighted by Gasteiger charge is 2.27. The Morgan fingerprint density at radius 1 is 0.500 bits per heavy atom. The first-order valence-corrected chi connectivity index (χ1v) is 13.3. The van der Waals surface area contributed by atoms with Gasteiger partial charge in [0.15, 0.2) is 19.7 Å². The minimum Gasteiger partial charge on any atom is -0.229 e. The van der Waals surface area contributed by atoms with Gasteiger partial charge in [0.2, 0.25) is 0 Å². The van der Waals surface area contributed by atoms with Crippen LogP contribution in [0.2, 0.25) is 0 Å². The summed E-state index contributed by atoms with van der Waals surface area (Å²) in [7, 11) is -5.87. The van der Waals surface area contributed by atoms with E-state index in [1.165, 1.54) is 12.8 Å². The van der Waals surface area contributed by atoms with Crippen LogP contribution in [0.15, 0.2) is 0 Å². The van der Waals surface area contributed by atoms with E-state index in [1.54, 1.807) is 0 Å². The molecule has 142 valence electrons. The fourth-order valence-electron chi connectivity index (χ4n) is 4.14. The first-order valence-electron chi connectivity index (χ1n) is 9.85. The molecule has 0 aliphatic heterocycles. The second kappa shape index (κ2) is 9.56. The Balaban J connectivity index is 1.60. The zero-order chi connectivity index (χ0) is 17.5. The second-order valence-corrected chi connectivity index (χ2v) is 12.5. The van der Waals surface area contributed by atoms with E-state index < -0.39 is 19.7 Å². The van der Waals surface area contributed by atoms with E-state index in [0.29, 0.717) is 12.8 Å². The standard InChI is InChI=1S/C18H34O4S2/c19-23(20,17-11-5-3-6-12-17)15-9-1-2-10-16-24(21,22)18-13-7-4-8-14-18/h17-18H,1-16H2. The molecule has 2 saturated carbocycles. The molecule has 0 aromatic carbocycles. The molecule has 2 rings (SSSR count). The Kier molecular flexibility index (Phi) is 8.05. The van der Waals surface area contributed by atoms with Crippen LogP contribution in [0.4, 0.5) is 0 Å². The first kappa shape index (κ1) is 20.2. The van der Waals surface area contributed by atoms with Crippen LogP contribution in [-0.4, -0.2) is 38.8 Å². The van der Waals surface area contributed by atoms with Crippen LogP contribution in [0.25, 0.3) is 0 Å². The fraction of sp³-hybridized carbons (Fsp3) is 1.00. The van der Waals surface area contributed by atoms with E-state index in [0.717, 1.165) is 64.2 Å². The summed E-state index contributed by atoms with van der Waals surface area (Å²) in [6, 6.07) is 0. The Hall–Kier alpha value is -0.100. The van der Waals surface area contributed by atoms with Crippen LogP contribution >= 0.6 is 0 Å². The molecule has 0 amide bonds. The topological polar surface area (TPSA) is 68.3 Å². The van der Waals surface area contributed by atoms with Gasteiger partial charge in [-0.1, -0.05) is 51.4 Å². The maximum Gasteiger partial charge on any atom is 0.153 e. The molecule has 4 nitrogen and oxygen atoms in total. The monoisotopic (exact) mass is 378 g/mol. The summed E-state index contributed by atoms with van der Waals surface area (Å²) in [5.41, 5.74) is 0. The Labute approximate surface area is 148 Å². The molecule has 0 aromatic rings. The van der Waals surface area contributed by atoms with Crippen molar-refractivity contribution in [3.8, 4) is 0 Å². The van der Waals surface area contributed by atoms with Crippen molar-refractivity contribution in [1.82, 2.24) is 0 Å². The van der Waals surface area contributed by atoms with Gasteiger partial charge in [0.1, 0.15) is 0 Å². The predicted molar refractivity (Wildman–Crippen MR) is 99.8 cm³/mol. The number of hydrogen-bond acceptors (Lipinski definition) is 4. The Bertz CT molecular complexity index is 502. The van der Waals surface area contributed by atoms with Gasteiger partial charge < -0.3 is 0 Å². The van der Waals surface area contributed by atoms with Crippen molar-refractivity contribution in [2.45, 2.75) is 100 Å². The third-order valence-electron chi connectivity index (χ3n) is 5.73. The summed E-state index contributed by atoms with van der Waals surface area (Å²) in [4.78, 5) is 0. The van der Waals surface area contributed by atoms with E-state index in [9.17, 15) is 16.8 Å². The lowest BCUT2D eigenvalue weighted by Gasteiger charge is -2.22. The summed E-state index contributed by atoms with van der Waals surface area (Å²) in [5.74, 6) is 0.570. The lowest BCUT2D eigenvalue weighted by Crippen LogP contribution is -2.26. The van der Waals surface area contributed by atoms with Crippen molar-refractivity contribution < 1.29 is 16.8 Å².